The number of aromatic nitrogens is 3. The van der Waals surface area contributed by atoms with Gasteiger partial charge >= 0.3 is 0 Å². The van der Waals surface area contributed by atoms with Crippen LogP contribution in [0.4, 0.5) is 11.8 Å². The van der Waals surface area contributed by atoms with Crippen molar-refractivity contribution in [2.75, 3.05) is 67.8 Å². The number of anilines is 2. The van der Waals surface area contributed by atoms with Crippen LogP contribution in [0.3, 0.4) is 0 Å². The normalized spacial score (nSPS) is 24.1. The number of nitrogens with zero attached hydrogens (tertiary/aromatic N) is 5. The third-order valence-electron chi connectivity index (χ3n) is 7.41. The molecule has 3 fully saturated rings. The molecule has 5 heterocycles. The Kier molecular flexibility index (Phi) is 6.64. The molecule has 3 aliphatic rings. The Morgan fingerprint density at radius 1 is 1.16 bits per heavy atom. The number of carbonyl (C=O) groups excluding carboxylic acids is 1. The van der Waals surface area contributed by atoms with Crippen LogP contribution in [-0.2, 0) is 9.47 Å². The van der Waals surface area contributed by atoms with E-state index in [9.17, 15) is 4.79 Å². The summed E-state index contributed by atoms with van der Waals surface area (Å²) >= 11 is 1.95. The lowest BCUT2D eigenvalue weighted by Gasteiger charge is -2.40. The number of fused-ring (bicyclic) bond motifs is 1. The zero-order chi connectivity index (χ0) is 25.4. The fraction of sp³-hybridized carbons (Fsp3) is 0.481. The van der Waals surface area contributed by atoms with Crippen LogP contribution in [0.15, 0.2) is 36.4 Å². The maximum atomic E-state index is 12.2. The molecule has 0 saturated carbocycles. The van der Waals surface area contributed by atoms with Crippen molar-refractivity contribution in [3.05, 3.63) is 42.0 Å². The van der Waals surface area contributed by atoms with Gasteiger partial charge in [-0.25, -0.2) is 4.98 Å². The van der Waals surface area contributed by atoms with E-state index in [2.05, 4.69) is 28.1 Å². The van der Waals surface area contributed by atoms with Crippen molar-refractivity contribution < 1.29 is 14.3 Å². The lowest BCUT2D eigenvalue weighted by Crippen LogP contribution is -2.52. The van der Waals surface area contributed by atoms with Crippen LogP contribution in [0, 0.1) is 0 Å². The Morgan fingerprint density at radius 2 is 2.08 bits per heavy atom. The summed E-state index contributed by atoms with van der Waals surface area (Å²) in [5, 5.41) is 3.61. The minimum Gasteiger partial charge on any atom is -0.377 e. The topological polar surface area (TPSA) is 92.7 Å². The van der Waals surface area contributed by atoms with Crippen molar-refractivity contribution in [1.29, 1.82) is 0 Å². The average molecular weight is 521 g/mol. The van der Waals surface area contributed by atoms with Crippen LogP contribution >= 0.6 is 11.8 Å². The van der Waals surface area contributed by atoms with Gasteiger partial charge in [0.2, 0.25) is 5.95 Å². The lowest BCUT2D eigenvalue weighted by molar-refractivity contribution is -0.0360. The molecule has 0 unspecified atom stereocenters. The molecule has 0 aliphatic carbocycles. The Bertz CT molecular complexity index is 1310. The summed E-state index contributed by atoms with van der Waals surface area (Å²) in [6, 6.07) is 11.8. The molecule has 0 radical (unpaired) electrons. The number of carbonyl (C=O) groups is 1. The van der Waals surface area contributed by atoms with Crippen LogP contribution in [0.2, 0.25) is 0 Å². The van der Waals surface area contributed by atoms with Crippen LogP contribution in [0.5, 0.6) is 0 Å². The lowest BCUT2D eigenvalue weighted by atomic mass is 10.0. The summed E-state index contributed by atoms with van der Waals surface area (Å²) in [5.74, 6) is 3.61. The van der Waals surface area contributed by atoms with Gasteiger partial charge in [-0.15, -0.1) is 0 Å². The van der Waals surface area contributed by atoms with Crippen molar-refractivity contribution in [3.63, 3.8) is 0 Å². The van der Waals surface area contributed by atoms with E-state index in [0.29, 0.717) is 37.0 Å². The highest BCUT2D eigenvalue weighted by Crippen LogP contribution is 2.36. The summed E-state index contributed by atoms with van der Waals surface area (Å²) in [4.78, 5) is 31.9. The highest BCUT2D eigenvalue weighted by Gasteiger charge is 2.41. The number of ether oxygens (including phenoxy) is 2. The molecule has 37 heavy (non-hydrogen) atoms. The number of pyridine rings is 1. The molecule has 1 aromatic carbocycles. The van der Waals surface area contributed by atoms with Gasteiger partial charge in [0.15, 0.2) is 5.65 Å². The second kappa shape index (κ2) is 10.1. The first-order valence-corrected chi connectivity index (χ1v) is 14.0. The van der Waals surface area contributed by atoms with E-state index in [4.69, 9.17) is 24.4 Å². The number of rotatable bonds is 4. The second-order valence-electron chi connectivity index (χ2n) is 9.95. The third-order valence-corrected chi connectivity index (χ3v) is 8.64. The minimum absolute atomic E-state index is 0.122. The summed E-state index contributed by atoms with van der Waals surface area (Å²) in [6.45, 7) is 6.48. The molecule has 1 spiro atoms. The van der Waals surface area contributed by atoms with Crippen LogP contribution in [0.1, 0.15) is 23.7 Å². The van der Waals surface area contributed by atoms with Gasteiger partial charge in [-0.2, -0.15) is 21.7 Å². The number of morpholine rings is 2. The molecule has 3 saturated heterocycles. The van der Waals surface area contributed by atoms with E-state index in [1.165, 1.54) is 0 Å². The minimum atomic E-state index is -0.123. The van der Waals surface area contributed by atoms with Crippen LogP contribution in [0.25, 0.3) is 22.3 Å². The summed E-state index contributed by atoms with van der Waals surface area (Å²) in [5.41, 5.74) is 2.78. The zero-order valence-electron chi connectivity index (χ0n) is 21.3. The van der Waals surface area contributed by atoms with E-state index >= 15 is 0 Å². The van der Waals surface area contributed by atoms with Crippen molar-refractivity contribution in [2.24, 2.45) is 0 Å². The SMILES string of the molecule is CNC(=O)c1cccc(-c2ccc3c(N4CCOC[C@@H]4C)nc(N4CCO[C@@]5(CCSC5)C4)nc3n2)c1. The molecular weight excluding hydrogens is 488 g/mol. The number of nitrogens with one attached hydrogen (secondary N) is 1. The first kappa shape index (κ1) is 24.4. The molecule has 9 nitrogen and oxygen atoms in total. The van der Waals surface area contributed by atoms with Gasteiger partial charge < -0.3 is 24.6 Å². The third kappa shape index (κ3) is 4.73. The van der Waals surface area contributed by atoms with Gasteiger partial charge in [0.25, 0.3) is 5.91 Å². The molecule has 194 valence electrons. The highest BCUT2D eigenvalue weighted by molar-refractivity contribution is 7.99. The largest absolute Gasteiger partial charge is 0.377 e. The number of hydrogen-bond donors (Lipinski definition) is 1. The molecule has 3 aromatic rings. The predicted molar refractivity (Wildman–Crippen MR) is 147 cm³/mol. The predicted octanol–water partition coefficient (Wildman–Crippen LogP) is 2.99. The van der Waals surface area contributed by atoms with E-state index in [1.807, 2.05) is 36.0 Å². The smallest absolute Gasteiger partial charge is 0.251 e. The fourth-order valence-electron chi connectivity index (χ4n) is 5.35. The van der Waals surface area contributed by atoms with E-state index in [0.717, 1.165) is 60.0 Å². The molecule has 2 atom stereocenters. The molecule has 3 aliphatic heterocycles. The number of benzene rings is 1. The van der Waals surface area contributed by atoms with Gasteiger partial charge in [-0.05, 0) is 43.4 Å². The molecule has 6 rings (SSSR count). The Morgan fingerprint density at radius 3 is 2.89 bits per heavy atom. The highest BCUT2D eigenvalue weighted by atomic mass is 32.2. The van der Waals surface area contributed by atoms with Gasteiger partial charge in [0.05, 0.1) is 49.1 Å². The van der Waals surface area contributed by atoms with Crippen LogP contribution in [-0.4, -0.2) is 90.5 Å². The maximum absolute atomic E-state index is 12.2. The summed E-state index contributed by atoms with van der Waals surface area (Å²) in [7, 11) is 1.63. The number of hydrogen-bond acceptors (Lipinski definition) is 9. The number of thioether (sulfide) groups is 1. The van der Waals surface area contributed by atoms with Crippen molar-refractivity contribution in [2.45, 2.75) is 25.0 Å². The quantitative estimate of drug-likeness (QED) is 0.557. The zero-order valence-corrected chi connectivity index (χ0v) is 22.1. The Balaban J connectivity index is 1.44. The molecule has 10 heteroatoms. The standard InChI is InChI=1S/C27H32N6O3S/c1-18-15-35-11-10-33(18)24-21-6-7-22(19-4-3-5-20(14-19)25(34)28-2)29-23(21)30-26(31-24)32-9-12-36-27(16-32)8-13-37-17-27/h3-7,14,18H,8-13,15-17H2,1-2H3,(H,28,34)/t18-,27-/m0/s1. The fourth-order valence-corrected chi connectivity index (χ4v) is 6.70. The van der Waals surface area contributed by atoms with Crippen molar-refractivity contribution in [1.82, 2.24) is 20.3 Å². The average Bonchev–Trinajstić information content (AvgIpc) is 3.39. The monoisotopic (exact) mass is 520 g/mol. The molecule has 1 N–H and O–H groups in total. The molecule has 1 amide bonds. The van der Waals surface area contributed by atoms with Gasteiger partial charge in [0, 0.05) is 37.0 Å². The van der Waals surface area contributed by atoms with Crippen molar-refractivity contribution >= 4 is 40.5 Å². The molecular formula is C27H32N6O3S. The van der Waals surface area contributed by atoms with Gasteiger partial charge in [-0.3, -0.25) is 4.79 Å². The van der Waals surface area contributed by atoms with E-state index in [1.54, 1.807) is 13.1 Å². The Labute approximate surface area is 221 Å². The summed E-state index contributed by atoms with van der Waals surface area (Å²) in [6.07, 6.45) is 1.05. The van der Waals surface area contributed by atoms with Crippen molar-refractivity contribution in [3.8, 4) is 11.3 Å². The summed E-state index contributed by atoms with van der Waals surface area (Å²) < 4.78 is 12.0. The molecule has 2 aromatic heterocycles. The first-order valence-electron chi connectivity index (χ1n) is 12.9. The van der Waals surface area contributed by atoms with E-state index in [-0.39, 0.29) is 17.6 Å². The Hall–Kier alpha value is -2.95. The molecule has 0 bridgehead atoms. The first-order chi connectivity index (χ1) is 18.0. The van der Waals surface area contributed by atoms with Gasteiger partial charge in [0.1, 0.15) is 5.82 Å². The van der Waals surface area contributed by atoms with E-state index < -0.39 is 0 Å². The second-order valence-corrected chi connectivity index (χ2v) is 11.1. The van der Waals surface area contributed by atoms with Crippen LogP contribution < -0.4 is 15.1 Å². The maximum Gasteiger partial charge on any atom is 0.251 e. The number of amides is 1. The van der Waals surface area contributed by atoms with Gasteiger partial charge in [-0.1, -0.05) is 12.1 Å².